The van der Waals surface area contributed by atoms with E-state index >= 15 is 0 Å². The summed E-state index contributed by atoms with van der Waals surface area (Å²) in [5, 5.41) is 18.4. The summed E-state index contributed by atoms with van der Waals surface area (Å²) in [5.74, 6) is -2.91. The first-order valence-corrected chi connectivity index (χ1v) is 12.3. The maximum Gasteiger partial charge on any atom is 0.490 e. The van der Waals surface area contributed by atoms with Gasteiger partial charge in [0.1, 0.15) is 15.6 Å². The van der Waals surface area contributed by atoms with Gasteiger partial charge in [-0.15, -0.1) is 11.3 Å². The van der Waals surface area contributed by atoms with Crippen LogP contribution in [0.1, 0.15) is 38.1 Å². The molecule has 0 radical (unpaired) electrons. The lowest BCUT2D eigenvalue weighted by Crippen LogP contribution is -2.33. The molecule has 0 fully saturated rings. The number of aromatic nitrogens is 1. The monoisotopic (exact) mass is 525 g/mol. The van der Waals surface area contributed by atoms with Gasteiger partial charge in [0, 0.05) is 13.1 Å². The smallest absolute Gasteiger partial charge is 0.478 e. The number of carboxylic acids is 2. The van der Waals surface area contributed by atoms with E-state index in [1.807, 2.05) is 4.90 Å². The second kappa shape index (κ2) is 12.0. The van der Waals surface area contributed by atoms with Crippen molar-refractivity contribution in [1.29, 1.82) is 0 Å². The topological polar surface area (TPSA) is 137 Å². The van der Waals surface area contributed by atoms with E-state index in [1.165, 1.54) is 18.3 Å². The van der Waals surface area contributed by atoms with Crippen molar-refractivity contribution in [1.82, 2.24) is 4.98 Å². The highest BCUT2D eigenvalue weighted by Gasteiger charge is 2.38. The summed E-state index contributed by atoms with van der Waals surface area (Å²) in [6, 6.07) is 4.45. The number of pyridine rings is 1. The maximum atomic E-state index is 12.4. The predicted octanol–water partition coefficient (Wildman–Crippen LogP) is 4.39. The number of rotatable bonds is 9. The number of alkyl halides is 3. The molecule has 9 nitrogen and oxygen atoms in total. The van der Waals surface area contributed by atoms with Crippen molar-refractivity contribution in [3.63, 3.8) is 0 Å². The molecule has 0 atom stereocenters. The van der Waals surface area contributed by atoms with Crippen LogP contribution in [0.15, 0.2) is 34.0 Å². The largest absolute Gasteiger partial charge is 0.490 e. The second-order valence-electron chi connectivity index (χ2n) is 7.93. The maximum absolute atomic E-state index is 12.4. The minimum Gasteiger partial charge on any atom is -0.478 e. The minimum absolute atomic E-state index is 0.0253. The van der Waals surface area contributed by atoms with Crippen molar-refractivity contribution in [3.8, 4) is 0 Å². The number of thiophene rings is 1. The van der Waals surface area contributed by atoms with Gasteiger partial charge in [-0.1, -0.05) is 33.8 Å². The Morgan fingerprint density at radius 3 is 2.06 bits per heavy atom. The molecule has 14 heteroatoms. The number of hydrogen-bond acceptors (Lipinski definition) is 7. The van der Waals surface area contributed by atoms with Gasteiger partial charge in [-0.25, -0.2) is 23.0 Å². The third kappa shape index (κ3) is 9.17. The molecule has 0 bridgehead atoms. The first-order chi connectivity index (χ1) is 15.5. The Bertz CT molecular complexity index is 1060. The summed E-state index contributed by atoms with van der Waals surface area (Å²) in [4.78, 5) is 26.9. The normalized spacial score (nSPS) is 11.7. The molecule has 2 heterocycles. The van der Waals surface area contributed by atoms with E-state index in [-0.39, 0.29) is 15.5 Å². The quantitative estimate of drug-likeness (QED) is 0.438. The number of aliphatic carboxylic acids is 1. The predicted molar refractivity (Wildman–Crippen MR) is 122 cm³/mol. The van der Waals surface area contributed by atoms with Gasteiger partial charge in [-0.2, -0.15) is 13.2 Å². The number of halogens is 3. The fraction of sp³-hybridized carbons (Fsp3) is 0.450. The van der Waals surface area contributed by atoms with Crippen LogP contribution < -0.4 is 9.62 Å². The van der Waals surface area contributed by atoms with Crippen LogP contribution in [0, 0.1) is 11.8 Å². The summed E-state index contributed by atoms with van der Waals surface area (Å²) in [6.45, 7) is 9.53. The number of sulfonamides is 1. The van der Waals surface area contributed by atoms with Crippen LogP contribution in [0.5, 0.6) is 0 Å². The Morgan fingerprint density at radius 2 is 1.68 bits per heavy atom. The van der Waals surface area contributed by atoms with E-state index in [0.717, 1.165) is 11.3 Å². The van der Waals surface area contributed by atoms with Gasteiger partial charge in [-0.05, 0) is 29.3 Å². The first-order valence-electron chi connectivity index (χ1n) is 9.89. The molecular weight excluding hydrogens is 499 g/mol. The Kier molecular flexibility index (Phi) is 10.3. The van der Waals surface area contributed by atoms with Crippen LogP contribution in [-0.2, 0) is 14.8 Å². The van der Waals surface area contributed by atoms with E-state index in [0.29, 0.717) is 30.7 Å². The van der Waals surface area contributed by atoms with E-state index in [4.69, 9.17) is 9.90 Å². The van der Waals surface area contributed by atoms with Crippen molar-refractivity contribution in [2.75, 3.05) is 22.7 Å². The number of carboxylic acid groups (broad SMARTS) is 2. The SMILES string of the molecule is CC(C)CN(CC(C)C)c1ncc(NS(=O)(=O)c2cccs2)cc1C(=O)O.O=C(O)C(F)(F)F. The standard InChI is InChI=1S/C18H25N3O4S2.C2HF3O2/c1-12(2)10-21(11-13(3)4)17-15(18(22)23)8-14(9-19-17)20-27(24,25)16-6-5-7-26-16;3-2(4,5)1(6)7/h5-9,12-13,20H,10-11H2,1-4H3,(H,22,23);(H,6,7). The number of anilines is 2. The highest BCUT2D eigenvalue weighted by molar-refractivity contribution is 7.94. The number of aromatic carboxylic acids is 1. The summed E-state index contributed by atoms with van der Waals surface area (Å²) < 4.78 is 59.0. The fourth-order valence-electron chi connectivity index (χ4n) is 2.67. The van der Waals surface area contributed by atoms with Gasteiger partial charge in [0.15, 0.2) is 0 Å². The highest BCUT2D eigenvalue weighted by atomic mass is 32.2. The van der Waals surface area contributed by atoms with Crippen LogP contribution in [0.4, 0.5) is 24.7 Å². The van der Waals surface area contributed by atoms with Crippen LogP contribution >= 0.6 is 11.3 Å². The van der Waals surface area contributed by atoms with Gasteiger partial charge >= 0.3 is 18.1 Å². The molecule has 0 amide bonds. The lowest BCUT2D eigenvalue weighted by atomic mass is 10.1. The molecule has 34 heavy (non-hydrogen) atoms. The van der Waals surface area contributed by atoms with E-state index in [9.17, 15) is 31.5 Å². The lowest BCUT2D eigenvalue weighted by molar-refractivity contribution is -0.192. The van der Waals surface area contributed by atoms with Gasteiger partial charge in [0.25, 0.3) is 10.0 Å². The Labute approximate surface area is 199 Å². The van der Waals surface area contributed by atoms with E-state index < -0.39 is 28.1 Å². The number of nitrogens with zero attached hydrogens (tertiary/aromatic N) is 2. The second-order valence-corrected chi connectivity index (χ2v) is 10.8. The average molecular weight is 526 g/mol. The molecule has 0 saturated carbocycles. The molecule has 0 unspecified atom stereocenters. The molecule has 2 aromatic heterocycles. The Hall–Kier alpha value is -2.87. The molecule has 2 rings (SSSR count). The van der Waals surface area contributed by atoms with Gasteiger partial charge in [-0.3, -0.25) is 4.72 Å². The highest BCUT2D eigenvalue weighted by Crippen LogP contribution is 2.26. The third-order valence-corrected chi connectivity index (χ3v) is 6.60. The zero-order valence-corrected chi connectivity index (χ0v) is 20.5. The zero-order chi connectivity index (χ0) is 26.3. The third-order valence-electron chi connectivity index (χ3n) is 3.82. The molecule has 0 aliphatic carbocycles. The molecule has 0 aliphatic rings. The molecule has 0 spiro atoms. The van der Waals surface area contributed by atoms with Crippen LogP contribution in [-0.4, -0.2) is 54.8 Å². The summed E-state index contributed by atoms with van der Waals surface area (Å²) >= 11 is 1.09. The summed E-state index contributed by atoms with van der Waals surface area (Å²) in [7, 11) is -3.76. The summed E-state index contributed by atoms with van der Waals surface area (Å²) in [5.41, 5.74) is 0.0984. The fourth-order valence-corrected chi connectivity index (χ4v) is 4.70. The van der Waals surface area contributed by atoms with Gasteiger partial charge in [0.05, 0.1) is 11.9 Å². The molecule has 0 aliphatic heterocycles. The van der Waals surface area contributed by atoms with Crippen molar-refractivity contribution in [2.24, 2.45) is 11.8 Å². The molecular formula is C20H26F3N3O6S2. The molecule has 2 aromatic rings. The van der Waals surface area contributed by atoms with E-state index in [1.54, 1.807) is 11.4 Å². The number of hydrogen-bond donors (Lipinski definition) is 3. The van der Waals surface area contributed by atoms with Crippen molar-refractivity contribution < 1.29 is 41.4 Å². The van der Waals surface area contributed by atoms with Crippen LogP contribution in [0.3, 0.4) is 0 Å². The van der Waals surface area contributed by atoms with Crippen LogP contribution in [0.2, 0.25) is 0 Å². The number of carbonyl (C=O) groups is 2. The molecule has 190 valence electrons. The Morgan fingerprint density at radius 1 is 1.15 bits per heavy atom. The lowest BCUT2D eigenvalue weighted by Gasteiger charge is -2.28. The van der Waals surface area contributed by atoms with Crippen molar-refractivity contribution in [3.05, 3.63) is 35.3 Å². The molecule has 3 N–H and O–H groups in total. The number of nitrogens with one attached hydrogen (secondary N) is 1. The Balaban J connectivity index is 0.000000718. The summed E-state index contributed by atoms with van der Waals surface area (Å²) in [6.07, 6.45) is -3.72. The van der Waals surface area contributed by atoms with Crippen molar-refractivity contribution in [2.45, 2.75) is 38.1 Å². The zero-order valence-electron chi connectivity index (χ0n) is 18.8. The first kappa shape index (κ1) is 29.2. The van der Waals surface area contributed by atoms with Crippen LogP contribution in [0.25, 0.3) is 0 Å². The molecule has 0 saturated heterocycles. The average Bonchev–Trinajstić information content (AvgIpc) is 3.22. The van der Waals surface area contributed by atoms with Gasteiger partial charge in [0.2, 0.25) is 0 Å². The van der Waals surface area contributed by atoms with Crippen molar-refractivity contribution >= 4 is 44.8 Å². The van der Waals surface area contributed by atoms with E-state index in [2.05, 4.69) is 37.4 Å². The van der Waals surface area contributed by atoms with Gasteiger partial charge < -0.3 is 15.1 Å². The molecule has 0 aromatic carbocycles. The minimum atomic E-state index is -5.08.